The fraction of sp³-hybridized carbons (Fsp3) is 0.300. The Labute approximate surface area is 85.2 Å². The van der Waals surface area contributed by atoms with Gasteiger partial charge in [0.2, 0.25) is 0 Å². The van der Waals surface area contributed by atoms with Gasteiger partial charge in [0.25, 0.3) is 0 Å². The third-order valence-electron chi connectivity index (χ3n) is 2.12. The van der Waals surface area contributed by atoms with Crippen LogP contribution in [0.3, 0.4) is 0 Å². The Hall–Kier alpha value is -1.78. The summed E-state index contributed by atoms with van der Waals surface area (Å²) in [5, 5.41) is 9.30. The number of aldehydes is 1. The minimum absolute atomic E-state index is 0.112. The molecule has 0 aliphatic carbocycles. The minimum Gasteiger partial charge on any atom is -0.504 e. The van der Waals surface area contributed by atoms with Crippen molar-refractivity contribution in [1.82, 2.24) is 0 Å². The molecular weight excluding hydrogens is 203 g/mol. The summed E-state index contributed by atoms with van der Waals surface area (Å²) in [5.74, 6) is -1.32. The van der Waals surface area contributed by atoms with Crippen molar-refractivity contribution in [2.75, 3.05) is 13.2 Å². The largest absolute Gasteiger partial charge is 0.504 e. The van der Waals surface area contributed by atoms with Crippen LogP contribution in [-0.4, -0.2) is 24.6 Å². The summed E-state index contributed by atoms with van der Waals surface area (Å²) in [6.07, 6.45) is 1.00. The van der Waals surface area contributed by atoms with Crippen LogP contribution >= 0.6 is 0 Å². The van der Waals surface area contributed by atoms with Gasteiger partial charge in [0.1, 0.15) is 5.56 Å². The van der Waals surface area contributed by atoms with E-state index < -0.39 is 11.6 Å². The summed E-state index contributed by atoms with van der Waals surface area (Å²) >= 11 is 0. The molecule has 5 heteroatoms. The molecule has 15 heavy (non-hydrogen) atoms. The molecule has 0 aromatic heterocycles. The first-order valence-electron chi connectivity index (χ1n) is 4.50. The molecule has 0 unspecified atom stereocenters. The molecule has 1 aromatic carbocycles. The number of fused-ring (bicyclic) bond motifs is 1. The highest BCUT2D eigenvalue weighted by molar-refractivity contribution is 5.85. The third-order valence-corrected chi connectivity index (χ3v) is 2.12. The molecule has 0 fully saturated rings. The van der Waals surface area contributed by atoms with Gasteiger partial charge in [0.05, 0.1) is 13.2 Å². The first-order valence-corrected chi connectivity index (χ1v) is 4.50. The van der Waals surface area contributed by atoms with Crippen LogP contribution in [0.2, 0.25) is 0 Å². The monoisotopic (exact) mass is 212 g/mol. The topological polar surface area (TPSA) is 55.8 Å². The molecule has 0 atom stereocenters. The molecule has 1 heterocycles. The van der Waals surface area contributed by atoms with Crippen LogP contribution in [0.1, 0.15) is 16.8 Å². The SMILES string of the molecule is O=Cc1c(O)c(F)cc2c1OCCCO2. The molecule has 0 amide bonds. The van der Waals surface area contributed by atoms with Gasteiger partial charge < -0.3 is 14.6 Å². The highest BCUT2D eigenvalue weighted by Crippen LogP contribution is 2.39. The van der Waals surface area contributed by atoms with E-state index in [-0.39, 0.29) is 17.1 Å². The second kappa shape index (κ2) is 3.76. The van der Waals surface area contributed by atoms with Crippen molar-refractivity contribution in [3.05, 3.63) is 17.4 Å². The predicted molar refractivity (Wildman–Crippen MR) is 49.1 cm³/mol. The summed E-state index contributed by atoms with van der Waals surface area (Å²) in [5.41, 5.74) is -0.202. The second-order valence-corrected chi connectivity index (χ2v) is 3.12. The van der Waals surface area contributed by atoms with E-state index >= 15 is 0 Å². The van der Waals surface area contributed by atoms with Gasteiger partial charge in [0, 0.05) is 12.5 Å². The lowest BCUT2D eigenvalue weighted by Crippen LogP contribution is -1.99. The first kappa shape index (κ1) is 9.76. The zero-order valence-electron chi connectivity index (χ0n) is 7.83. The number of benzene rings is 1. The van der Waals surface area contributed by atoms with Crippen LogP contribution in [0.25, 0.3) is 0 Å². The van der Waals surface area contributed by atoms with Crippen molar-refractivity contribution in [3.8, 4) is 17.2 Å². The number of phenolic OH excluding ortho intramolecular Hbond substituents is 1. The van der Waals surface area contributed by atoms with Gasteiger partial charge in [-0.15, -0.1) is 0 Å². The van der Waals surface area contributed by atoms with Crippen LogP contribution in [0.15, 0.2) is 6.07 Å². The van der Waals surface area contributed by atoms with E-state index in [0.717, 1.165) is 6.07 Å². The molecule has 0 spiro atoms. The van der Waals surface area contributed by atoms with Crippen molar-refractivity contribution >= 4 is 6.29 Å². The molecule has 4 nitrogen and oxygen atoms in total. The lowest BCUT2D eigenvalue weighted by Gasteiger charge is -2.10. The van der Waals surface area contributed by atoms with E-state index in [1.807, 2.05) is 0 Å². The standard InChI is InChI=1S/C10H9FO4/c11-7-4-8-10(6(5-12)9(7)13)15-3-1-2-14-8/h4-5,13H,1-3H2. The first-order chi connectivity index (χ1) is 7.24. The average molecular weight is 212 g/mol. The van der Waals surface area contributed by atoms with E-state index in [0.29, 0.717) is 25.9 Å². The van der Waals surface area contributed by atoms with Crippen molar-refractivity contribution in [2.45, 2.75) is 6.42 Å². The van der Waals surface area contributed by atoms with Crippen LogP contribution in [-0.2, 0) is 0 Å². The minimum atomic E-state index is -0.888. The summed E-state index contributed by atoms with van der Waals surface area (Å²) in [7, 11) is 0. The van der Waals surface area contributed by atoms with E-state index in [1.165, 1.54) is 0 Å². The lowest BCUT2D eigenvalue weighted by atomic mass is 10.1. The van der Waals surface area contributed by atoms with Crippen LogP contribution < -0.4 is 9.47 Å². The number of carbonyl (C=O) groups is 1. The molecular formula is C10H9FO4. The molecule has 0 radical (unpaired) electrons. The number of rotatable bonds is 1. The summed E-state index contributed by atoms with van der Waals surface area (Å²) < 4.78 is 23.6. The molecule has 0 bridgehead atoms. The predicted octanol–water partition coefficient (Wildman–Crippen LogP) is 1.51. The lowest BCUT2D eigenvalue weighted by molar-refractivity contribution is 0.111. The molecule has 1 aliphatic rings. The van der Waals surface area contributed by atoms with Gasteiger partial charge in [-0.3, -0.25) is 4.79 Å². The number of hydrogen-bond donors (Lipinski definition) is 1. The number of ether oxygens (including phenoxy) is 2. The number of phenols is 1. The van der Waals surface area contributed by atoms with Gasteiger partial charge in [-0.1, -0.05) is 0 Å². The third kappa shape index (κ3) is 1.60. The maximum absolute atomic E-state index is 13.1. The molecule has 80 valence electrons. The number of aromatic hydroxyl groups is 1. The zero-order chi connectivity index (χ0) is 10.8. The van der Waals surface area contributed by atoms with E-state index in [4.69, 9.17) is 9.47 Å². The molecule has 2 rings (SSSR count). The Balaban J connectivity index is 2.61. The van der Waals surface area contributed by atoms with Crippen LogP contribution in [0, 0.1) is 5.82 Å². The van der Waals surface area contributed by atoms with Crippen LogP contribution in [0.5, 0.6) is 17.2 Å². The van der Waals surface area contributed by atoms with Gasteiger partial charge in [-0.25, -0.2) is 4.39 Å². The Morgan fingerprint density at radius 3 is 2.87 bits per heavy atom. The Bertz CT molecular complexity index is 403. The summed E-state index contributed by atoms with van der Waals surface area (Å²) in [6, 6.07) is 1.02. The molecule has 1 N–H and O–H groups in total. The Kier molecular flexibility index (Phi) is 2.45. The van der Waals surface area contributed by atoms with Crippen molar-refractivity contribution < 1.29 is 23.8 Å². The highest BCUT2D eigenvalue weighted by Gasteiger charge is 2.21. The molecule has 1 aliphatic heterocycles. The number of halogens is 1. The Morgan fingerprint density at radius 2 is 2.13 bits per heavy atom. The normalized spacial score (nSPS) is 14.5. The van der Waals surface area contributed by atoms with Crippen molar-refractivity contribution in [3.63, 3.8) is 0 Å². The zero-order valence-corrected chi connectivity index (χ0v) is 7.83. The van der Waals surface area contributed by atoms with Gasteiger partial charge in [-0.2, -0.15) is 0 Å². The quantitative estimate of drug-likeness (QED) is 0.717. The second-order valence-electron chi connectivity index (χ2n) is 3.12. The van der Waals surface area contributed by atoms with E-state index in [9.17, 15) is 14.3 Å². The van der Waals surface area contributed by atoms with Crippen molar-refractivity contribution in [1.29, 1.82) is 0 Å². The molecule has 0 saturated heterocycles. The maximum Gasteiger partial charge on any atom is 0.175 e. The van der Waals surface area contributed by atoms with Gasteiger partial charge >= 0.3 is 0 Å². The van der Waals surface area contributed by atoms with Crippen molar-refractivity contribution in [2.24, 2.45) is 0 Å². The number of carbonyl (C=O) groups excluding carboxylic acids is 1. The smallest absolute Gasteiger partial charge is 0.175 e. The van der Waals surface area contributed by atoms with Gasteiger partial charge in [0.15, 0.2) is 29.4 Å². The molecule has 1 aromatic rings. The molecule has 0 saturated carbocycles. The summed E-state index contributed by atoms with van der Waals surface area (Å²) in [6.45, 7) is 0.772. The van der Waals surface area contributed by atoms with E-state index in [2.05, 4.69) is 0 Å². The van der Waals surface area contributed by atoms with Crippen LogP contribution in [0.4, 0.5) is 4.39 Å². The average Bonchev–Trinajstić information content (AvgIpc) is 2.45. The Morgan fingerprint density at radius 1 is 1.40 bits per heavy atom. The summed E-state index contributed by atoms with van der Waals surface area (Å²) in [4.78, 5) is 10.7. The maximum atomic E-state index is 13.1. The van der Waals surface area contributed by atoms with Gasteiger partial charge in [-0.05, 0) is 0 Å². The highest BCUT2D eigenvalue weighted by atomic mass is 19.1. The fourth-order valence-electron chi connectivity index (χ4n) is 1.40. The fourth-order valence-corrected chi connectivity index (χ4v) is 1.40. The number of hydrogen-bond acceptors (Lipinski definition) is 4. The van der Waals surface area contributed by atoms with E-state index in [1.54, 1.807) is 0 Å².